The first-order chi connectivity index (χ1) is 10.5. The summed E-state index contributed by atoms with van der Waals surface area (Å²) in [5.41, 5.74) is 2.88. The molecule has 0 N–H and O–H groups in total. The van der Waals surface area contributed by atoms with Crippen LogP contribution in [0.2, 0.25) is 0 Å². The number of rotatable bonds is 4. The molecule has 0 aromatic heterocycles. The first-order valence-corrected chi connectivity index (χ1v) is 7.22. The Labute approximate surface area is 129 Å². The van der Waals surface area contributed by atoms with Crippen molar-refractivity contribution in [2.24, 2.45) is 0 Å². The zero-order valence-electron chi connectivity index (χ0n) is 12.7. The molecule has 0 radical (unpaired) electrons. The lowest BCUT2D eigenvalue weighted by Gasteiger charge is -2.05. The maximum atomic E-state index is 13.7. The van der Waals surface area contributed by atoms with Gasteiger partial charge in [0.2, 0.25) is 0 Å². The Balaban J connectivity index is 2.31. The molecule has 0 atom stereocenters. The second-order valence-corrected chi connectivity index (χ2v) is 5.25. The molecule has 2 rings (SSSR count). The van der Waals surface area contributed by atoms with E-state index >= 15 is 0 Å². The van der Waals surface area contributed by atoms with E-state index in [1.54, 1.807) is 6.92 Å². The molecule has 0 unspecified atom stereocenters. The van der Waals surface area contributed by atoms with Crippen LogP contribution in [0.4, 0.5) is 8.78 Å². The summed E-state index contributed by atoms with van der Waals surface area (Å²) in [6.45, 7) is 3.92. The molecule has 0 fully saturated rings. The molecule has 0 bridgehead atoms. The highest BCUT2D eigenvalue weighted by molar-refractivity contribution is 5.80. The Morgan fingerprint density at radius 3 is 2.23 bits per heavy atom. The predicted molar refractivity (Wildman–Crippen MR) is 85.1 cm³/mol. The molecule has 0 saturated heterocycles. The summed E-state index contributed by atoms with van der Waals surface area (Å²) in [5, 5.41) is 8.69. The molecule has 2 aromatic carbocycles. The van der Waals surface area contributed by atoms with Crippen molar-refractivity contribution in [1.82, 2.24) is 0 Å². The molecule has 0 spiro atoms. The average Bonchev–Trinajstić information content (AvgIpc) is 2.49. The smallest absolute Gasteiger partial charge is 0.144 e. The van der Waals surface area contributed by atoms with E-state index in [2.05, 4.69) is 19.1 Å². The standard InChI is InChI=1S/C19H17F2N/c1-3-4-14-5-7-15(8-6-14)9-13(2)16-10-18(20)17(12-22)19(21)11-16/h5-11H,3-4H2,1-2H3/b13-9+. The quantitative estimate of drug-likeness (QED) is 0.698. The van der Waals surface area contributed by atoms with Crippen molar-refractivity contribution in [3.63, 3.8) is 0 Å². The summed E-state index contributed by atoms with van der Waals surface area (Å²) >= 11 is 0. The van der Waals surface area contributed by atoms with Gasteiger partial charge in [0.15, 0.2) is 0 Å². The molecule has 2 aromatic rings. The highest BCUT2D eigenvalue weighted by atomic mass is 19.1. The van der Waals surface area contributed by atoms with E-state index < -0.39 is 17.2 Å². The second-order valence-electron chi connectivity index (χ2n) is 5.25. The van der Waals surface area contributed by atoms with Gasteiger partial charge in [0.25, 0.3) is 0 Å². The van der Waals surface area contributed by atoms with Gasteiger partial charge in [-0.3, -0.25) is 0 Å². The Morgan fingerprint density at radius 2 is 1.73 bits per heavy atom. The largest absolute Gasteiger partial charge is 0.205 e. The SMILES string of the molecule is CCCc1ccc(/C=C(\C)c2cc(F)c(C#N)c(F)c2)cc1. The highest BCUT2D eigenvalue weighted by Crippen LogP contribution is 2.22. The molecule has 0 heterocycles. The number of aryl methyl sites for hydroxylation is 1. The molecule has 0 saturated carbocycles. The van der Waals surface area contributed by atoms with E-state index in [1.807, 2.05) is 18.2 Å². The number of allylic oxidation sites excluding steroid dienone is 1. The second kappa shape index (κ2) is 7.00. The Kier molecular flexibility index (Phi) is 5.06. The number of hydrogen-bond acceptors (Lipinski definition) is 1. The van der Waals surface area contributed by atoms with E-state index in [9.17, 15) is 8.78 Å². The maximum Gasteiger partial charge on any atom is 0.144 e. The van der Waals surface area contributed by atoms with Gasteiger partial charge in [-0.2, -0.15) is 5.26 Å². The lowest BCUT2D eigenvalue weighted by molar-refractivity contribution is 0.576. The summed E-state index contributed by atoms with van der Waals surface area (Å²) < 4.78 is 27.3. The molecule has 0 aliphatic heterocycles. The van der Waals surface area contributed by atoms with Gasteiger partial charge in [-0.25, -0.2) is 8.78 Å². The van der Waals surface area contributed by atoms with Crippen LogP contribution in [0, 0.1) is 23.0 Å². The van der Waals surface area contributed by atoms with Crippen molar-refractivity contribution >= 4 is 11.6 Å². The fourth-order valence-corrected chi connectivity index (χ4v) is 2.31. The molecule has 112 valence electrons. The van der Waals surface area contributed by atoms with Gasteiger partial charge in [0.05, 0.1) is 0 Å². The van der Waals surface area contributed by atoms with Gasteiger partial charge in [-0.15, -0.1) is 0 Å². The van der Waals surface area contributed by atoms with Gasteiger partial charge in [0.1, 0.15) is 23.3 Å². The molecule has 0 aliphatic carbocycles. The topological polar surface area (TPSA) is 23.8 Å². The first-order valence-electron chi connectivity index (χ1n) is 7.22. The van der Waals surface area contributed by atoms with E-state index in [4.69, 9.17) is 5.26 Å². The minimum absolute atomic E-state index is 0.437. The number of nitriles is 1. The molecule has 0 amide bonds. The van der Waals surface area contributed by atoms with Gasteiger partial charge in [-0.1, -0.05) is 43.7 Å². The van der Waals surface area contributed by atoms with Gasteiger partial charge < -0.3 is 0 Å². The molecule has 22 heavy (non-hydrogen) atoms. The van der Waals surface area contributed by atoms with Crippen molar-refractivity contribution in [2.75, 3.05) is 0 Å². The fourth-order valence-electron chi connectivity index (χ4n) is 2.31. The van der Waals surface area contributed by atoms with Crippen LogP contribution in [-0.4, -0.2) is 0 Å². The van der Waals surface area contributed by atoms with Gasteiger partial charge >= 0.3 is 0 Å². The summed E-state index contributed by atoms with van der Waals surface area (Å²) in [4.78, 5) is 0. The number of hydrogen-bond donors (Lipinski definition) is 0. The monoisotopic (exact) mass is 297 g/mol. The van der Waals surface area contributed by atoms with E-state index in [0.29, 0.717) is 5.56 Å². The molecular formula is C19H17F2N. The van der Waals surface area contributed by atoms with Crippen LogP contribution in [0.25, 0.3) is 11.6 Å². The van der Waals surface area contributed by atoms with Crippen molar-refractivity contribution in [3.8, 4) is 6.07 Å². The Hall–Kier alpha value is -2.47. The lowest BCUT2D eigenvalue weighted by atomic mass is 10.0. The normalized spacial score (nSPS) is 11.3. The molecule has 1 nitrogen and oxygen atoms in total. The van der Waals surface area contributed by atoms with Crippen LogP contribution in [0.5, 0.6) is 0 Å². The number of halogens is 2. The zero-order valence-corrected chi connectivity index (χ0v) is 12.7. The minimum Gasteiger partial charge on any atom is -0.205 e. The lowest BCUT2D eigenvalue weighted by Crippen LogP contribution is -1.93. The minimum atomic E-state index is -0.830. The maximum absolute atomic E-state index is 13.7. The summed E-state index contributed by atoms with van der Waals surface area (Å²) in [6.07, 6.45) is 4.00. The van der Waals surface area contributed by atoms with E-state index in [-0.39, 0.29) is 0 Å². The van der Waals surface area contributed by atoms with Crippen LogP contribution in [0.3, 0.4) is 0 Å². The van der Waals surface area contributed by atoms with Crippen LogP contribution in [0.15, 0.2) is 36.4 Å². The third-order valence-electron chi connectivity index (χ3n) is 3.51. The first kappa shape index (κ1) is 15.9. The van der Waals surface area contributed by atoms with Crippen molar-refractivity contribution in [2.45, 2.75) is 26.7 Å². The molecular weight excluding hydrogens is 280 g/mol. The van der Waals surface area contributed by atoms with Gasteiger partial charge in [-0.05, 0) is 47.7 Å². The summed E-state index contributed by atoms with van der Waals surface area (Å²) in [5.74, 6) is -1.66. The van der Waals surface area contributed by atoms with Gasteiger partial charge in [0, 0.05) is 0 Å². The summed E-state index contributed by atoms with van der Waals surface area (Å²) in [6, 6.07) is 12.0. The van der Waals surface area contributed by atoms with Crippen LogP contribution in [0.1, 0.15) is 42.5 Å². The predicted octanol–water partition coefficient (Wildman–Crippen LogP) is 5.35. The number of nitrogens with zero attached hydrogens (tertiary/aromatic N) is 1. The van der Waals surface area contributed by atoms with Crippen molar-refractivity contribution in [3.05, 3.63) is 70.3 Å². The average molecular weight is 297 g/mol. The third-order valence-corrected chi connectivity index (χ3v) is 3.51. The van der Waals surface area contributed by atoms with Crippen LogP contribution in [-0.2, 0) is 6.42 Å². The molecule has 3 heteroatoms. The van der Waals surface area contributed by atoms with E-state index in [1.165, 1.54) is 23.8 Å². The summed E-state index contributed by atoms with van der Waals surface area (Å²) in [7, 11) is 0. The zero-order chi connectivity index (χ0) is 16.1. The van der Waals surface area contributed by atoms with Crippen LogP contribution < -0.4 is 0 Å². The van der Waals surface area contributed by atoms with Crippen molar-refractivity contribution < 1.29 is 8.78 Å². The number of benzene rings is 2. The third kappa shape index (κ3) is 3.59. The fraction of sp³-hybridized carbons (Fsp3) is 0.211. The van der Waals surface area contributed by atoms with Crippen LogP contribution >= 0.6 is 0 Å². The Bertz CT molecular complexity index is 714. The van der Waals surface area contributed by atoms with E-state index in [0.717, 1.165) is 24.0 Å². The highest BCUT2D eigenvalue weighted by Gasteiger charge is 2.11. The Morgan fingerprint density at radius 1 is 1.14 bits per heavy atom. The van der Waals surface area contributed by atoms with Crippen molar-refractivity contribution in [1.29, 1.82) is 5.26 Å². The molecule has 0 aliphatic rings.